The lowest BCUT2D eigenvalue weighted by molar-refractivity contribution is -0.148. The van der Waals surface area contributed by atoms with Gasteiger partial charge in [0.1, 0.15) is 0 Å². The van der Waals surface area contributed by atoms with Crippen molar-refractivity contribution in [2.45, 2.75) is 20.0 Å². The zero-order chi connectivity index (χ0) is 14.5. The largest absolute Gasteiger partial charge is 0.462 e. The number of nitrogens with two attached hydrogens (primary N) is 1. The standard InChI is InChI=1S/C15H23N3O2/c1-12(2)20-15(19)11-17-6-8-18(9-7-17)14-5-3-4-13(16)10-14/h3-5,10,12H,6-9,11,16H2,1-2H3. The first-order valence-corrected chi connectivity index (χ1v) is 7.07. The summed E-state index contributed by atoms with van der Waals surface area (Å²) in [6.45, 7) is 7.65. The topological polar surface area (TPSA) is 58.8 Å². The second-order valence-corrected chi connectivity index (χ2v) is 5.40. The molecule has 0 spiro atoms. The molecule has 1 aromatic rings. The normalized spacial score (nSPS) is 16.4. The van der Waals surface area contributed by atoms with E-state index in [9.17, 15) is 4.79 Å². The molecule has 0 amide bonds. The summed E-state index contributed by atoms with van der Waals surface area (Å²) in [6, 6.07) is 7.92. The molecule has 1 aromatic carbocycles. The number of nitrogen functional groups attached to an aromatic ring is 1. The number of anilines is 2. The van der Waals surface area contributed by atoms with E-state index in [1.165, 1.54) is 0 Å². The molecule has 5 heteroatoms. The molecule has 2 rings (SSSR count). The highest BCUT2D eigenvalue weighted by Gasteiger charge is 2.20. The highest BCUT2D eigenvalue weighted by molar-refractivity contribution is 5.71. The van der Waals surface area contributed by atoms with E-state index in [0.29, 0.717) is 6.54 Å². The molecule has 2 N–H and O–H groups in total. The minimum absolute atomic E-state index is 0.0453. The van der Waals surface area contributed by atoms with Crippen LogP contribution in [0.4, 0.5) is 11.4 Å². The van der Waals surface area contributed by atoms with E-state index >= 15 is 0 Å². The van der Waals surface area contributed by atoms with Crippen molar-refractivity contribution in [3.05, 3.63) is 24.3 Å². The number of carbonyl (C=O) groups is 1. The molecule has 0 radical (unpaired) electrons. The number of carbonyl (C=O) groups excluding carboxylic acids is 1. The molecule has 0 atom stereocenters. The number of benzene rings is 1. The zero-order valence-corrected chi connectivity index (χ0v) is 12.2. The fraction of sp³-hybridized carbons (Fsp3) is 0.533. The van der Waals surface area contributed by atoms with E-state index in [-0.39, 0.29) is 12.1 Å². The molecule has 1 heterocycles. The molecule has 1 fully saturated rings. The number of esters is 1. The molecule has 1 aliphatic heterocycles. The van der Waals surface area contributed by atoms with Gasteiger partial charge in [0.25, 0.3) is 0 Å². The lowest BCUT2D eigenvalue weighted by atomic mass is 10.2. The summed E-state index contributed by atoms with van der Waals surface area (Å²) in [6.07, 6.45) is -0.0453. The minimum atomic E-state index is -0.141. The van der Waals surface area contributed by atoms with Crippen molar-refractivity contribution in [1.29, 1.82) is 0 Å². The average molecular weight is 277 g/mol. The number of hydrogen-bond donors (Lipinski definition) is 1. The van der Waals surface area contributed by atoms with E-state index in [4.69, 9.17) is 10.5 Å². The molecule has 20 heavy (non-hydrogen) atoms. The Bertz CT molecular complexity index is 454. The Kier molecular flexibility index (Phi) is 4.84. The van der Waals surface area contributed by atoms with Gasteiger partial charge in [-0.05, 0) is 32.0 Å². The Hall–Kier alpha value is -1.75. The first-order valence-electron chi connectivity index (χ1n) is 7.07. The molecule has 0 aliphatic carbocycles. The monoisotopic (exact) mass is 277 g/mol. The lowest BCUT2D eigenvalue weighted by Gasteiger charge is -2.35. The second kappa shape index (κ2) is 6.61. The van der Waals surface area contributed by atoms with Gasteiger partial charge >= 0.3 is 5.97 Å². The number of piperazine rings is 1. The molecular weight excluding hydrogens is 254 g/mol. The van der Waals surface area contributed by atoms with Crippen LogP contribution < -0.4 is 10.6 Å². The highest BCUT2D eigenvalue weighted by Crippen LogP contribution is 2.19. The summed E-state index contributed by atoms with van der Waals surface area (Å²) in [5, 5.41) is 0. The van der Waals surface area contributed by atoms with Crippen LogP contribution in [0.1, 0.15) is 13.8 Å². The number of nitrogens with zero attached hydrogens (tertiary/aromatic N) is 2. The van der Waals surface area contributed by atoms with Crippen LogP contribution in [-0.2, 0) is 9.53 Å². The molecule has 0 unspecified atom stereocenters. The van der Waals surface area contributed by atoms with Gasteiger partial charge in [0.2, 0.25) is 0 Å². The minimum Gasteiger partial charge on any atom is -0.462 e. The Morgan fingerprint density at radius 2 is 2.00 bits per heavy atom. The molecule has 0 bridgehead atoms. The van der Waals surface area contributed by atoms with Gasteiger partial charge < -0.3 is 15.4 Å². The third kappa shape index (κ3) is 4.13. The summed E-state index contributed by atoms with van der Waals surface area (Å²) >= 11 is 0. The van der Waals surface area contributed by atoms with Crippen molar-refractivity contribution in [3.63, 3.8) is 0 Å². The van der Waals surface area contributed by atoms with E-state index in [0.717, 1.165) is 37.6 Å². The van der Waals surface area contributed by atoms with Gasteiger partial charge in [-0.15, -0.1) is 0 Å². The summed E-state index contributed by atoms with van der Waals surface area (Å²) in [5.41, 5.74) is 7.74. The van der Waals surface area contributed by atoms with Gasteiger partial charge in [0.05, 0.1) is 12.6 Å². The van der Waals surface area contributed by atoms with Crippen LogP contribution in [0, 0.1) is 0 Å². The van der Waals surface area contributed by atoms with Crippen molar-refractivity contribution >= 4 is 17.3 Å². The molecule has 1 saturated heterocycles. The number of ether oxygens (including phenoxy) is 1. The van der Waals surface area contributed by atoms with Gasteiger partial charge in [-0.1, -0.05) is 6.07 Å². The van der Waals surface area contributed by atoms with Crippen LogP contribution in [0.15, 0.2) is 24.3 Å². The van der Waals surface area contributed by atoms with Crippen molar-refractivity contribution in [2.75, 3.05) is 43.4 Å². The lowest BCUT2D eigenvalue weighted by Crippen LogP contribution is -2.48. The molecule has 0 aromatic heterocycles. The Morgan fingerprint density at radius 3 is 2.60 bits per heavy atom. The van der Waals surface area contributed by atoms with Gasteiger partial charge in [-0.3, -0.25) is 9.69 Å². The average Bonchev–Trinajstić information content (AvgIpc) is 2.38. The fourth-order valence-electron chi connectivity index (χ4n) is 2.37. The van der Waals surface area contributed by atoms with E-state index in [1.807, 2.05) is 32.0 Å². The zero-order valence-electron chi connectivity index (χ0n) is 12.2. The van der Waals surface area contributed by atoms with Crippen molar-refractivity contribution in [3.8, 4) is 0 Å². The van der Waals surface area contributed by atoms with Gasteiger partial charge in [0, 0.05) is 37.6 Å². The van der Waals surface area contributed by atoms with Crippen LogP contribution >= 0.6 is 0 Å². The van der Waals surface area contributed by atoms with Crippen LogP contribution in [0.5, 0.6) is 0 Å². The summed E-state index contributed by atoms with van der Waals surface area (Å²) in [7, 11) is 0. The van der Waals surface area contributed by atoms with Crippen LogP contribution in [0.25, 0.3) is 0 Å². The number of rotatable bonds is 4. The SMILES string of the molecule is CC(C)OC(=O)CN1CCN(c2cccc(N)c2)CC1. The second-order valence-electron chi connectivity index (χ2n) is 5.40. The van der Waals surface area contributed by atoms with Crippen LogP contribution in [0.3, 0.4) is 0 Å². The van der Waals surface area contributed by atoms with Crippen molar-refractivity contribution in [2.24, 2.45) is 0 Å². The summed E-state index contributed by atoms with van der Waals surface area (Å²) in [4.78, 5) is 16.0. The molecule has 5 nitrogen and oxygen atoms in total. The van der Waals surface area contributed by atoms with Crippen molar-refractivity contribution in [1.82, 2.24) is 4.90 Å². The van der Waals surface area contributed by atoms with Crippen LogP contribution in [0.2, 0.25) is 0 Å². The molecule has 1 aliphatic rings. The van der Waals surface area contributed by atoms with E-state index in [2.05, 4.69) is 15.9 Å². The predicted molar refractivity (Wildman–Crippen MR) is 80.7 cm³/mol. The third-order valence-electron chi connectivity index (χ3n) is 3.33. The number of hydrogen-bond acceptors (Lipinski definition) is 5. The van der Waals surface area contributed by atoms with Crippen LogP contribution in [-0.4, -0.2) is 49.7 Å². The van der Waals surface area contributed by atoms with E-state index < -0.39 is 0 Å². The quantitative estimate of drug-likeness (QED) is 0.665. The first kappa shape index (κ1) is 14.7. The Labute approximate surface area is 120 Å². The molecular formula is C15H23N3O2. The molecule has 0 saturated carbocycles. The Morgan fingerprint density at radius 1 is 1.30 bits per heavy atom. The smallest absolute Gasteiger partial charge is 0.320 e. The third-order valence-corrected chi connectivity index (χ3v) is 3.33. The van der Waals surface area contributed by atoms with Gasteiger partial charge in [0.15, 0.2) is 0 Å². The van der Waals surface area contributed by atoms with Gasteiger partial charge in [-0.25, -0.2) is 0 Å². The van der Waals surface area contributed by atoms with E-state index in [1.54, 1.807) is 0 Å². The highest BCUT2D eigenvalue weighted by atomic mass is 16.5. The maximum Gasteiger partial charge on any atom is 0.320 e. The Balaban J connectivity index is 1.82. The maximum absolute atomic E-state index is 11.6. The van der Waals surface area contributed by atoms with Gasteiger partial charge in [-0.2, -0.15) is 0 Å². The summed E-state index contributed by atoms with van der Waals surface area (Å²) < 4.78 is 5.17. The maximum atomic E-state index is 11.6. The molecule has 110 valence electrons. The fourth-order valence-corrected chi connectivity index (χ4v) is 2.37. The van der Waals surface area contributed by atoms with Crippen molar-refractivity contribution < 1.29 is 9.53 Å². The first-order chi connectivity index (χ1) is 9.54. The summed E-state index contributed by atoms with van der Waals surface area (Å²) in [5.74, 6) is -0.141. The predicted octanol–water partition coefficient (Wildman–Crippen LogP) is 1.34.